The molecule has 4 N–H and O–H groups in total. The minimum atomic E-state index is -1.64. The lowest BCUT2D eigenvalue weighted by Crippen LogP contribution is -2.55. The first-order valence-electron chi connectivity index (χ1n) is 13.0. The first-order valence-corrected chi connectivity index (χ1v) is 13.0. The molecule has 0 aliphatic carbocycles. The number of guanidine groups is 1. The molecule has 2 heterocycles. The molecule has 0 aromatic rings. The number of ether oxygens (including phenoxy) is 2. The van der Waals surface area contributed by atoms with Crippen LogP contribution in [-0.2, 0) is 23.6 Å². The van der Waals surface area contributed by atoms with E-state index < -0.39 is 59.1 Å². The predicted octanol–water partition coefficient (Wildman–Crippen LogP) is 3.39. The number of aliphatic carboxylic acids is 1. The van der Waals surface area contributed by atoms with E-state index in [0.29, 0.717) is 19.2 Å². The molecular formula is C25H45BN4O8. The number of carboxylic acid groups (broad SMARTS) is 1. The summed E-state index contributed by atoms with van der Waals surface area (Å²) in [6, 6.07) is 0. The monoisotopic (exact) mass is 540 g/mol. The van der Waals surface area contributed by atoms with Gasteiger partial charge in [-0.3, -0.25) is 10.1 Å². The highest BCUT2D eigenvalue weighted by Crippen LogP contribution is 2.39. The number of likely N-dealkylation sites (tertiary alicyclic amines) is 1. The maximum atomic E-state index is 12.5. The Balaban J connectivity index is 2.20. The summed E-state index contributed by atoms with van der Waals surface area (Å²) in [5, 5.41) is 12.5. The zero-order chi connectivity index (χ0) is 29.3. The van der Waals surface area contributed by atoms with E-state index >= 15 is 0 Å². The number of nitrogens with zero attached hydrogens (tertiary/aromatic N) is 2. The van der Waals surface area contributed by atoms with Gasteiger partial charge in [0.2, 0.25) is 5.96 Å². The van der Waals surface area contributed by atoms with E-state index in [0.717, 1.165) is 0 Å². The third kappa shape index (κ3) is 8.31. The van der Waals surface area contributed by atoms with Crippen molar-refractivity contribution in [1.82, 2.24) is 10.2 Å². The highest BCUT2D eigenvalue weighted by Gasteiger charge is 2.52. The van der Waals surface area contributed by atoms with E-state index in [2.05, 4.69) is 10.3 Å². The number of hydrogen-bond donors (Lipinski definition) is 3. The third-order valence-corrected chi connectivity index (χ3v) is 6.82. The maximum absolute atomic E-state index is 12.5. The van der Waals surface area contributed by atoms with E-state index in [1.165, 1.54) is 4.90 Å². The molecule has 0 spiro atoms. The molecule has 38 heavy (non-hydrogen) atoms. The van der Waals surface area contributed by atoms with Gasteiger partial charge in [0.1, 0.15) is 16.7 Å². The van der Waals surface area contributed by atoms with Crippen LogP contribution in [0.4, 0.5) is 9.59 Å². The normalized spacial score (nSPS) is 25.3. The van der Waals surface area contributed by atoms with Crippen molar-refractivity contribution < 1.29 is 38.3 Å². The molecule has 0 saturated carbocycles. The molecule has 0 radical (unpaired) electrons. The van der Waals surface area contributed by atoms with Crippen molar-refractivity contribution in [3.05, 3.63) is 0 Å². The summed E-state index contributed by atoms with van der Waals surface area (Å²) in [5.41, 5.74) is 2.22. The van der Waals surface area contributed by atoms with Crippen LogP contribution in [0, 0.1) is 5.92 Å². The van der Waals surface area contributed by atoms with Crippen LogP contribution in [0.3, 0.4) is 0 Å². The maximum Gasteiger partial charge on any atom is 0.457 e. The van der Waals surface area contributed by atoms with Gasteiger partial charge in [-0.2, -0.15) is 0 Å². The van der Waals surface area contributed by atoms with E-state index in [1.807, 2.05) is 27.7 Å². The molecule has 2 rings (SSSR count). The molecule has 0 unspecified atom stereocenters. The number of alkyl carbamates (subject to hydrolysis) is 1. The lowest BCUT2D eigenvalue weighted by Gasteiger charge is -2.32. The van der Waals surface area contributed by atoms with E-state index in [9.17, 15) is 19.5 Å². The van der Waals surface area contributed by atoms with Crippen LogP contribution in [0.25, 0.3) is 0 Å². The Hall–Kier alpha value is -2.38. The van der Waals surface area contributed by atoms with Gasteiger partial charge in [0.15, 0.2) is 0 Å². The van der Waals surface area contributed by atoms with Gasteiger partial charge in [-0.25, -0.2) is 9.59 Å². The molecule has 13 heteroatoms. The fraction of sp³-hybridized carbons (Fsp3) is 0.840. The number of carboxylic acids is 1. The largest absolute Gasteiger partial charge is 0.480 e. The van der Waals surface area contributed by atoms with Gasteiger partial charge in [-0.1, -0.05) is 6.42 Å². The van der Waals surface area contributed by atoms with Crippen LogP contribution in [0.2, 0.25) is 6.32 Å². The molecule has 2 amide bonds. The first kappa shape index (κ1) is 31.8. The standard InChI is InChI=1S/C25H45BN4O8/c1-21(2,3)35-19(33)28-18(29-20(34)36-22(4,5)6)30-14-16(25(27,15-30)17(31)32)12-11-13-26-37-23(7,8)24(9,10)38-26/h16H,11-15,27H2,1-10H3,(H,31,32)(H,28,29,33,34)/t16-,25-/m0/s1. The highest BCUT2D eigenvalue weighted by molar-refractivity contribution is 6.45. The summed E-state index contributed by atoms with van der Waals surface area (Å²) >= 11 is 0. The summed E-state index contributed by atoms with van der Waals surface area (Å²) in [4.78, 5) is 42.7. The molecule has 12 nitrogen and oxygen atoms in total. The van der Waals surface area contributed by atoms with Gasteiger partial charge in [-0.15, -0.1) is 4.99 Å². The molecule has 0 aromatic carbocycles. The number of hydrogen-bond acceptors (Lipinski definition) is 8. The van der Waals surface area contributed by atoms with Gasteiger partial charge in [0.05, 0.1) is 11.2 Å². The second-order valence-electron chi connectivity index (χ2n) is 13.1. The van der Waals surface area contributed by atoms with E-state index in [1.54, 1.807) is 41.5 Å². The smallest absolute Gasteiger partial charge is 0.457 e. The van der Waals surface area contributed by atoms with Gasteiger partial charge in [-0.05, 0) is 82.0 Å². The number of rotatable bonds is 5. The topological polar surface area (TPSA) is 162 Å². The first-order chi connectivity index (χ1) is 17.0. The molecular weight excluding hydrogens is 495 g/mol. The van der Waals surface area contributed by atoms with Crippen molar-refractivity contribution >= 4 is 31.2 Å². The summed E-state index contributed by atoms with van der Waals surface area (Å²) in [5.74, 6) is -1.88. The van der Waals surface area contributed by atoms with E-state index in [4.69, 9.17) is 24.5 Å². The van der Waals surface area contributed by atoms with Crippen molar-refractivity contribution in [3.63, 3.8) is 0 Å². The molecule has 2 fully saturated rings. The lowest BCUT2D eigenvalue weighted by atomic mass is 9.78. The number of aliphatic imine (C=N–C) groups is 1. The fourth-order valence-corrected chi connectivity index (χ4v) is 4.25. The van der Waals surface area contributed by atoms with Gasteiger partial charge in [0.25, 0.3) is 0 Å². The molecule has 0 bridgehead atoms. The number of carbonyl (C=O) groups is 3. The summed E-state index contributed by atoms with van der Waals surface area (Å²) in [6.45, 7) is 18.0. The number of nitrogens with one attached hydrogen (secondary N) is 1. The molecule has 2 saturated heterocycles. The highest BCUT2D eigenvalue weighted by atomic mass is 16.7. The number of nitrogens with two attached hydrogens (primary N) is 1. The molecule has 2 aliphatic rings. The Bertz CT molecular complexity index is 925. The van der Waals surface area contributed by atoms with Crippen LogP contribution < -0.4 is 11.1 Å². The average Bonchev–Trinajstić information content (AvgIpc) is 3.11. The Morgan fingerprint density at radius 3 is 2.05 bits per heavy atom. The fourth-order valence-electron chi connectivity index (χ4n) is 4.25. The molecule has 2 aliphatic heterocycles. The SMILES string of the molecule is CC(C)(C)OC(=O)N=C(NC(=O)OC(C)(C)C)N1C[C@H](CCCB2OC(C)(C)C(C)(C)O2)[C@](N)(C(=O)O)C1. The molecule has 216 valence electrons. The number of amides is 2. The average molecular weight is 540 g/mol. The third-order valence-electron chi connectivity index (χ3n) is 6.82. The Morgan fingerprint density at radius 1 is 1.05 bits per heavy atom. The minimum Gasteiger partial charge on any atom is -0.480 e. The number of carbonyl (C=O) groups excluding carboxylic acids is 2. The van der Waals surface area contributed by atoms with Crippen LogP contribution in [0.1, 0.15) is 82.1 Å². The van der Waals surface area contributed by atoms with Gasteiger partial charge >= 0.3 is 25.3 Å². The Morgan fingerprint density at radius 2 is 1.58 bits per heavy atom. The van der Waals surface area contributed by atoms with Crippen molar-refractivity contribution in [2.45, 2.75) is 116 Å². The zero-order valence-electron chi connectivity index (χ0n) is 24.5. The van der Waals surface area contributed by atoms with Crippen LogP contribution >= 0.6 is 0 Å². The molecule has 2 atom stereocenters. The summed E-state index contributed by atoms with van der Waals surface area (Å²) in [6.07, 6.45) is -0.170. The summed E-state index contributed by atoms with van der Waals surface area (Å²) in [7, 11) is -0.410. The van der Waals surface area contributed by atoms with Gasteiger partial charge < -0.3 is 34.5 Å². The molecule has 0 aromatic heterocycles. The summed E-state index contributed by atoms with van der Waals surface area (Å²) < 4.78 is 22.7. The van der Waals surface area contributed by atoms with Crippen molar-refractivity contribution in [2.24, 2.45) is 16.6 Å². The van der Waals surface area contributed by atoms with Crippen LogP contribution in [-0.4, -0.2) is 82.3 Å². The Kier molecular flexibility index (Phi) is 9.23. The Labute approximate surface area is 226 Å². The minimum absolute atomic E-state index is 0.142. The van der Waals surface area contributed by atoms with Crippen molar-refractivity contribution in [2.75, 3.05) is 13.1 Å². The zero-order valence-corrected chi connectivity index (χ0v) is 24.5. The van der Waals surface area contributed by atoms with Crippen molar-refractivity contribution in [3.8, 4) is 0 Å². The second-order valence-corrected chi connectivity index (χ2v) is 13.1. The lowest BCUT2D eigenvalue weighted by molar-refractivity contribution is -0.144. The van der Waals surface area contributed by atoms with Gasteiger partial charge in [0, 0.05) is 19.0 Å². The second kappa shape index (κ2) is 11.0. The predicted molar refractivity (Wildman–Crippen MR) is 143 cm³/mol. The van der Waals surface area contributed by atoms with E-state index in [-0.39, 0.29) is 19.0 Å². The van der Waals surface area contributed by atoms with Crippen LogP contribution in [0.15, 0.2) is 4.99 Å². The van der Waals surface area contributed by atoms with Crippen molar-refractivity contribution in [1.29, 1.82) is 0 Å². The van der Waals surface area contributed by atoms with Crippen LogP contribution in [0.5, 0.6) is 0 Å². The quantitative estimate of drug-likeness (QED) is 0.268.